The minimum Gasteiger partial charge on any atom is -0.353 e. The van der Waals surface area contributed by atoms with Crippen LogP contribution in [0.25, 0.3) is 0 Å². The molecule has 3 amide bonds. The number of nitrogens with two attached hydrogens (primary N) is 1. The van der Waals surface area contributed by atoms with E-state index in [-0.39, 0.29) is 17.9 Å². The maximum absolute atomic E-state index is 12.3. The summed E-state index contributed by atoms with van der Waals surface area (Å²) in [6.45, 7) is 3.04. The highest BCUT2D eigenvalue weighted by atomic mass is 35.5. The molecule has 0 bridgehead atoms. The Morgan fingerprint density at radius 1 is 1.38 bits per heavy atom. The van der Waals surface area contributed by atoms with E-state index in [1.54, 1.807) is 11.0 Å². The number of carbonyl (C=O) groups is 2. The molecule has 1 aliphatic heterocycles. The van der Waals surface area contributed by atoms with Gasteiger partial charge in [-0.05, 0) is 37.5 Å². The Hall–Kier alpha value is -1.75. The fourth-order valence-corrected chi connectivity index (χ4v) is 2.70. The van der Waals surface area contributed by atoms with Gasteiger partial charge in [0.25, 0.3) is 0 Å². The number of hydrogen-bond acceptors (Lipinski definition) is 2. The van der Waals surface area contributed by atoms with Crippen molar-refractivity contribution in [2.24, 2.45) is 5.73 Å². The van der Waals surface area contributed by atoms with E-state index in [9.17, 15) is 9.59 Å². The number of halogens is 1. The van der Waals surface area contributed by atoms with Crippen LogP contribution in [-0.2, 0) is 4.79 Å². The van der Waals surface area contributed by atoms with Crippen molar-refractivity contribution in [3.63, 3.8) is 0 Å². The predicted octanol–water partition coefficient (Wildman–Crippen LogP) is 2.10. The van der Waals surface area contributed by atoms with Gasteiger partial charge >= 0.3 is 6.03 Å². The number of primary amides is 1. The number of piperidine rings is 1. The average molecular weight is 310 g/mol. The van der Waals surface area contributed by atoms with Gasteiger partial charge in [-0.2, -0.15) is 0 Å². The SMILES string of the molecule is C[C@@H](C(=O)NC1CCN(C(N)=O)CC1)c1cccc(Cl)c1. The number of hydrogen-bond donors (Lipinski definition) is 2. The minimum absolute atomic E-state index is 0.0187. The zero-order chi connectivity index (χ0) is 15.4. The van der Waals surface area contributed by atoms with Crippen molar-refractivity contribution in [1.29, 1.82) is 0 Å². The van der Waals surface area contributed by atoms with Crippen molar-refractivity contribution in [1.82, 2.24) is 10.2 Å². The molecule has 0 unspecified atom stereocenters. The molecule has 1 saturated heterocycles. The molecule has 0 aliphatic carbocycles. The molecule has 2 rings (SSSR count). The topological polar surface area (TPSA) is 75.4 Å². The Kier molecular flexibility index (Phi) is 5.07. The van der Waals surface area contributed by atoms with Crippen LogP contribution >= 0.6 is 11.6 Å². The van der Waals surface area contributed by atoms with Crippen LogP contribution in [0.4, 0.5) is 4.79 Å². The summed E-state index contributed by atoms with van der Waals surface area (Å²) in [6, 6.07) is 7.02. The monoisotopic (exact) mass is 309 g/mol. The van der Waals surface area contributed by atoms with Crippen LogP contribution in [0.1, 0.15) is 31.2 Å². The zero-order valence-corrected chi connectivity index (χ0v) is 12.8. The van der Waals surface area contributed by atoms with E-state index in [0.717, 1.165) is 18.4 Å². The number of carbonyl (C=O) groups excluding carboxylic acids is 2. The van der Waals surface area contributed by atoms with Gasteiger partial charge in [0, 0.05) is 24.2 Å². The third kappa shape index (κ3) is 4.11. The number of nitrogens with one attached hydrogen (secondary N) is 1. The van der Waals surface area contributed by atoms with Crippen molar-refractivity contribution < 1.29 is 9.59 Å². The number of nitrogens with zero attached hydrogens (tertiary/aromatic N) is 1. The minimum atomic E-state index is -0.396. The van der Waals surface area contributed by atoms with Gasteiger partial charge in [0.1, 0.15) is 0 Å². The number of likely N-dealkylation sites (tertiary alicyclic amines) is 1. The van der Waals surface area contributed by atoms with Gasteiger partial charge in [-0.25, -0.2) is 4.79 Å². The lowest BCUT2D eigenvalue weighted by Gasteiger charge is -2.31. The smallest absolute Gasteiger partial charge is 0.314 e. The summed E-state index contributed by atoms with van der Waals surface area (Å²) in [5.41, 5.74) is 6.14. The van der Waals surface area contributed by atoms with E-state index in [1.165, 1.54) is 0 Å². The summed E-state index contributed by atoms with van der Waals surface area (Å²) in [6.07, 6.45) is 1.47. The highest BCUT2D eigenvalue weighted by Gasteiger charge is 2.24. The Morgan fingerprint density at radius 3 is 2.62 bits per heavy atom. The fraction of sp³-hybridized carbons (Fsp3) is 0.467. The normalized spacial score (nSPS) is 17.3. The second-order valence-electron chi connectivity index (χ2n) is 5.38. The summed E-state index contributed by atoms with van der Waals surface area (Å²) < 4.78 is 0. The molecule has 0 radical (unpaired) electrons. The van der Waals surface area contributed by atoms with Crippen molar-refractivity contribution in [2.45, 2.75) is 31.7 Å². The molecule has 1 aliphatic rings. The average Bonchev–Trinajstić information content (AvgIpc) is 2.47. The third-order valence-electron chi connectivity index (χ3n) is 3.89. The number of rotatable bonds is 3. The molecule has 0 aromatic heterocycles. The van der Waals surface area contributed by atoms with Gasteiger partial charge in [0.2, 0.25) is 5.91 Å². The van der Waals surface area contributed by atoms with Crippen molar-refractivity contribution in [2.75, 3.05) is 13.1 Å². The first-order valence-corrected chi connectivity index (χ1v) is 7.45. The molecular formula is C15H20ClN3O2. The molecule has 21 heavy (non-hydrogen) atoms. The second kappa shape index (κ2) is 6.80. The Balaban J connectivity index is 1.89. The Morgan fingerprint density at radius 2 is 2.05 bits per heavy atom. The maximum atomic E-state index is 12.3. The molecule has 1 fully saturated rings. The summed E-state index contributed by atoms with van der Waals surface area (Å²) in [4.78, 5) is 24.9. The Labute approximate surface area is 129 Å². The van der Waals surface area contributed by atoms with Gasteiger partial charge in [-0.1, -0.05) is 23.7 Å². The van der Waals surface area contributed by atoms with E-state index in [2.05, 4.69) is 5.32 Å². The third-order valence-corrected chi connectivity index (χ3v) is 4.13. The molecular weight excluding hydrogens is 290 g/mol. The van der Waals surface area contributed by atoms with Crippen LogP contribution in [0.5, 0.6) is 0 Å². The quantitative estimate of drug-likeness (QED) is 0.897. The van der Waals surface area contributed by atoms with Crippen LogP contribution in [-0.4, -0.2) is 36.0 Å². The largest absolute Gasteiger partial charge is 0.353 e. The first-order chi connectivity index (χ1) is 9.97. The van der Waals surface area contributed by atoms with E-state index in [1.807, 2.05) is 25.1 Å². The van der Waals surface area contributed by atoms with Gasteiger partial charge in [0.15, 0.2) is 0 Å². The van der Waals surface area contributed by atoms with Crippen LogP contribution in [0.3, 0.4) is 0 Å². The summed E-state index contributed by atoms with van der Waals surface area (Å²) in [7, 11) is 0. The van der Waals surface area contributed by atoms with E-state index < -0.39 is 6.03 Å². The lowest BCUT2D eigenvalue weighted by atomic mass is 9.98. The molecule has 1 aromatic rings. The highest BCUT2D eigenvalue weighted by molar-refractivity contribution is 6.30. The Bertz CT molecular complexity index is 527. The number of amides is 3. The van der Waals surface area contributed by atoms with Crippen LogP contribution in [0.15, 0.2) is 24.3 Å². The molecule has 1 heterocycles. The first kappa shape index (κ1) is 15.6. The molecule has 114 valence electrons. The van der Waals surface area contributed by atoms with Crippen LogP contribution in [0.2, 0.25) is 5.02 Å². The van der Waals surface area contributed by atoms with E-state index in [4.69, 9.17) is 17.3 Å². The van der Waals surface area contributed by atoms with Gasteiger partial charge < -0.3 is 16.0 Å². The second-order valence-corrected chi connectivity index (χ2v) is 5.82. The predicted molar refractivity (Wildman–Crippen MR) is 82.2 cm³/mol. The van der Waals surface area contributed by atoms with E-state index in [0.29, 0.717) is 18.1 Å². The lowest BCUT2D eigenvalue weighted by Crippen LogP contribution is -2.48. The van der Waals surface area contributed by atoms with Gasteiger partial charge in [0.05, 0.1) is 5.92 Å². The molecule has 5 nitrogen and oxygen atoms in total. The van der Waals surface area contributed by atoms with Crippen LogP contribution in [0, 0.1) is 0 Å². The molecule has 3 N–H and O–H groups in total. The number of benzene rings is 1. The zero-order valence-electron chi connectivity index (χ0n) is 12.0. The molecule has 0 saturated carbocycles. The van der Waals surface area contributed by atoms with Crippen molar-refractivity contribution >= 4 is 23.5 Å². The molecule has 1 aromatic carbocycles. The molecule has 0 spiro atoms. The van der Waals surface area contributed by atoms with E-state index >= 15 is 0 Å². The van der Waals surface area contributed by atoms with Gasteiger partial charge in [-0.15, -0.1) is 0 Å². The van der Waals surface area contributed by atoms with Gasteiger partial charge in [-0.3, -0.25) is 4.79 Å². The summed E-state index contributed by atoms with van der Waals surface area (Å²) in [5, 5.41) is 3.66. The highest BCUT2D eigenvalue weighted by Crippen LogP contribution is 2.20. The maximum Gasteiger partial charge on any atom is 0.314 e. The molecule has 6 heteroatoms. The standard InChI is InChI=1S/C15H20ClN3O2/c1-10(11-3-2-4-12(16)9-11)14(20)18-13-5-7-19(8-6-13)15(17)21/h2-4,9-10,13H,5-8H2,1H3,(H2,17,21)(H,18,20)/t10-/m1/s1. The van der Waals surface area contributed by atoms with Crippen molar-refractivity contribution in [3.05, 3.63) is 34.9 Å². The van der Waals surface area contributed by atoms with Crippen molar-refractivity contribution in [3.8, 4) is 0 Å². The number of urea groups is 1. The lowest BCUT2D eigenvalue weighted by molar-refractivity contribution is -0.123. The summed E-state index contributed by atoms with van der Waals surface area (Å²) >= 11 is 5.95. The summed E-state index contributed by atoms with van der Waals surface area (Å²) in [5.74, 6) is -0.271. The first-order valence-electron chi connectivity index (χ1n) is 7.07. The molecule has 1 atom stereocenters. The fourth-order valence-electron chi connectivity index (χ4n) is 2.50. The van der Waals surface area contributed by atoms with Crippen LogP contribution < -0.4 is 11.1 Å².